The normalized spacial score (nSPS) is 13.3. The number of hydrogen-bond acceptors (Lipinski definition) is 6. The molecule has 0 aliphatic carbocycles. The van der Waals surface area contributed by atoms with E-state index in [0.29, 0.717) is 18.1 Å². The summed E-state index contributed by atoms with van der Waals surface area (Å²) in [6.45, 7) is 6.23. The van der Waals surface area contributed by atoms with Crippen molar-refractivity contribution in [2.75, 3.05) is 12.8 Å². The van der Waals surface area contributed by atoms with Crippen LogP contribution in [0.1, 0.15) is 31.2 Å². The van der Waals surface area contributed by atoms with Crippen LogP contribution >= 0.6 is 11.3 Å². The first kappa shape index (κ1) is 23.7. The molecule has 3 aromatic rings. The fourth-order valence-corrected chi connectivity index (χ4v) is 4.15. The van der Waals surface area contributed by atoms with Gasteiger partial charge in [0.1, 0.15) is 6.04 Å². The van der Waals surface area contributed by atoms with Crippen LogP contribution in [0.4, 0.5) is 5.13 Å². The van der Waals surface area contributed by atoms with Crippen LogP contribution in [-0.4, -0.2) is 46.9 Å². The predicted octanol–water partition coefficient (Wildman–Crippen LogP) is 2.95. The van der Waals surface area contributed by atoms with Gasteiger partial charge >= 0.3 is 0 Å². The van der Waals surface area contributed by atoms with Gasteiger partial charge in [-0.05, 0) is 44.2 Å². The molecule has 0 saturated heterocycles. The Morgan fingerprint density at radius 3 is 2.50 bits per heavy atom. The van der Waals surface area contributed by atoms with E-state index < -0.39 is 6.04 Å². The maximum Gasteiger partial charge on any atom is 0.243 e. The molecule has 8 heteroatoms. The van der Waals surface area contributed by atoms with Crippen LogP contribution in [-0.2, 0) is 22.6 Å². The highest BCUT2D eigenvalue weighted by molar-refractivity contribution is 7.15. The third kappa shape index (κ3) is 5.83. The Morgan fingerprint density at radius 2 is 1.81 bits per heavy atom. The number of fused-ring (bicyclic) bond motifs is 1. The number of amides is 2. The van der Waals surface area contributed by atoms with Gasteiger partial charge in [-0.15, -0.1) is 11.3 Å². The topological polar surface area (TPSA) is 100 Å². The molecule has 0 fully saturated rings. The second-order valence-corrected chi connectivity index (χ2v) is 9.37. The van der Waals surface area contributed by atoms with Crippen LogP contribution in [0.5, 0.6) is 0 Å². The summed E-state index contributed by atoms with van der Waals surface area (Å²) in [6.07, 6.45) is 2.04. The van der Waals surface area contributed by atoms with Gasteiger partial charge in [-0.2, -0.15) is 0 Å². The first-order chi connectivity index (χ1) is 15.3. The van der Waals surface area contributed by atoms with E-state index in [-0.39, 0.29) is 23.9 Å². The van der Waals surface area contributed by atoms with Crippen LogP contribution < -0.4 is 16.4 Å². The third-order valence-corrected chi connectivity index (χ3v) is 6.58. The molecular formula is C24H31N5O2S. The number of nitrogen functional groups attached to an aromatic ring is 1. The van der Waals surface area contributed by atoms with E-state index in [1.54, 1.807) is 6.20 Å². The molecule has 0 unspecified atom stereocenters. The van der Waals surface area contributed by atoms with Gasteiger partial charge in [0.2, 0.25) is 11.8 Å². The van der Waals surface area contributed by atoms with E-state index in [0.717, 1.165) is 21.2 Å². The molecule has 3 rings (SSSR count). The summed E-state index contributed by atoms with van der Waals surface area (Å²) in [5, 5.41) is 8.53. The Bertz CT molecular complexity index is 1080. The number of benzene rings is 2. The van der Waals surface area contributed by atoms with Crippen LogP contribution in [0, 0.1) is 0 Å². The predicted molar refractivity (Wildman–Crippen MR) is 130 cm³/mol. The van der Waals surface area contributed by atoms with Gasteiger partial charge in [0, 0.05) is 23.5 Å². The number of rotatable bonds is 9. The summed E-state index contributed by atoms with van der Waals surface area (Å²) >= 11 is 1.33. The number of hydrogen-bond donors (Lipinski definition) is 3. The number of likely N-dealkylation sites (N-methyl/N-ethyl adjacent to an activating group) is 1. The van der Waals surface area contributed by atoms with Gasteiger partial charge in [0.05, 0.1) is 12.6 Å². The van der Waals surface area contributed by atoms with Crippen LogP contribution in [0.3, 0.4) is 0 Å². The summed E-state index contributed by atoms with van der Waals surface area (Å²) in [7, 11) is 1.91. The molecule has 2 aromatic carbocycles. The molecule has 2 atom stereocenters. The average Bonchev–Trinajstić information content (AvgIpc) is 3.21. The van der Waals surface area contributed by atoms with Crippen molar-refractivity contribution in [3.8, 4) is 0 Å². The van der Waals surface area contributed by atoms with E-state index in [2.05, 4.69) is 15.6 Å². The van der Waals surface area contributed by atoms with Crippen LogP contribution in [0.2, 0.25) is 0 Å². The van der Waals surface area contributed by atoms with Gasteiger partial charge in [-0.25, -0.2) is 4.98 Å². The SMILES string of the molecule is CC(C)N(C)[C@@H](C)C(=O)N[C@@H](Cc1cccc2ccccc12)C(=O)NCc1cnc(N)s1. The van der Waals surface area contributed by atoms with E-state index in [9.17, 15) is 9.59 Å². The number of nitrogens with two attached hydrogens (primary N) is 1. The number of carbonyl (C=O) groups excluding carboxylic acids is 2. The summed E-state index contributed by atoms with van der Waals surface area (Å²) in [5.74, 6) is -0.415. The standard InChI is InChI=1S/C24H31N5O2S/c1-15(2)29(4)16(3)22(30)28-21(23(31)26-13-19-14-27-24(25)32-19)12-18-10-7-9-17-8-5-6-11-20(17)18/h5-11,14-16,21H,12-13H2,1-4H3,(H2,25,27)(H,26,31)(H,28,30)/t16-,21-/m0/s1. The van der Waals surface area contributed by atoms with Crippen LogP contribution in [0.25, 0.3) is 10.8 Å². The molecule has 2 amide bonds. The highest BCUT2D eigenvalue weighted by atomic mass is 32.1. The van der Waals surface area contributed by atoms with Crippen molar-refractivity contribution in [1.82, 2.24) is 20.5 Å². The minimum atomic E-state index is -0.707. The Labute approximate surface area is 193 Å². The Balaban J connectivity index is 1.80. The highest BCUT2D eigenvalue weighted by Gasteiger charge is 2.27. The number of carbonyl (C=O) groups is 2. The van der Waals surface area contributed by atoms with Crippen molar-refractivity contribution in [1.29, 1.82) is 0 Å². The first-order valence-corrected chi connectivity index (χ1v) is 11.5. The van der Waals surface area contributed by atoms with Gasteiger partial charge in [0.15, 0.2) is 5.13 Å². The van der Waals surface area contributed by atoms with Crippen molar-refractivity contribution < 1.29 is 9.59 Å². The molecule has 32 heavy (non-hydrogen) atoms. The number of nitrogens with zero attached hydrogens (tertiary/aromatic N) is 2. The lowest BCUT2D eigenvalue weighted by Gasteiger charge is -2.29. The molecular weight excluding hydrogens is 422 g/mol. The summed E-state index contributed by atoms with van der Waals surface area (Å²) in [5.41, 5.74) is 6.69. The van der Waals surface area contributed by atoms with Crippen molar-refractivity contribution >= 4 is 39.1 Å². The lowest BCUT2D eigenvalue weighted by molar-refractivity contribution is -0.131. The quantitative estimate of drug-likeness (QED) is 0.463. The summed E-state index contributed by atoms with van der Waals surface area (Å²) in [4.78, 5) is 33.0. The Morgan fingerprint density at radius 1 is 1.09 bits per heavy atom. The molecule has 0 aliphatic rings. The maximum atomic E-state index is 13.1. The van der Waals surface area contributed by atoms with Crippen LogP contribution in [0.15, 0.2) is 48.7 Å². The highest BCUT2D eigenvalue weighted by Crippen LogP contribution is 2.20. The number of nitrogens with one attached hydrogen (secondary N) is 2. The van der Waals surface area contributed by atoms with E-state index in [4.69, 9.17) is 5.73 Å². The Kier molecular flexibility index (Phi) is 7.82. The monoisotopic (exact) mass is 453 g/mol. The molecule has 7 nitrogen and oxygen atoms in total. The van der Waals surface area contributed by atoms with Gasteiger partial charge in [0.25, 0.3) is 0 Å². The Hall–Kier alpha value is -2.97. The first-order valence-electron chi connectivity index (χ1n) is 10.7. The molecule has 0 saturated carbocycles. The molecule has 0 radical (unpaired) electrons. The second kappa shape index (κ2) is 10.6. The zero-order valence-electron chi connectivity index (χ0n) is 19.0. The second-order valence-electron chi connectivity index (χ2n) is 8.22. The van der Waals surface area contributed by atoms with Crippen molar-refractivity contribution in [3.05, 3.63) is 59.1 Å². The lowest BCUT2D eigenvalue weighted by atomic mass is 9.98. The molecule has 170 valence electrons. The molecule has 1 aromatic heterocycles. The van der Waals surface area contributed by atoms with Crippen molar-refractivity contribution in [2.45, 2.75) is 51.9 Å². The minimum absolute atomic E-state index is 0.177. The molecule has 0 bridgehead atoms. The molecule has 1 heterocycles. The third-order valence-electron chi connectivity index (χ3n) is 5.75. The molecule has 0 aliphatic heterocycles. The number of thiazole rings is 1. The van der Waals surface area contributed by atoms with Gasteiger partial charge < -0.3 is 16.4 Å². The number of anilines is 1. The fourth-order valence-electron chi connectivity index (χ4n) is 3.53. The summed E-state index contributed by atoms with van der Waals surface area (Å²) in [6, 6.07) is 13.2. The number of aromatic nitrogens is 1. The smallest absolute Gasteiger partial charge is 0.243 e. The molecule has 0 spiro atoms. The fraction of sp³-hybridized carbons (Fsp3) is 0.375. The van der Waals surface area contributed by atoms with E-state index in [1.807, 2.05) is 75.2 Å². The van der Waals surface area contributed by atoms with Gasteiger partial charge in [-0.1, -0.05) is 42.5 Å². The zero-order chi connectivity index (χ0) is 23.3. The minimum Gasteiger partial charge on any atom is -0.375 e. The van der Waals surface area contributed by atoms with E-state index >= 15 is 0 Å². The zero-order valence-corrected chi connectivity index (χ0v) is 19.8. The average molecular weight is 454 g/mol. The maximum absolute atomic E-state index is 13.1. The van der Waals surface area contributed by atoms with Crippen molar-refractivity contribution in [2.24, 2.45) is 0 Å². The van der Waals surface area contributed by atoms with Gasteiger partial charge in [-0.3, -0.25) is 14.5 Å². The largest absolute Gasteiger partial charge is 0.375 e. The summed E-state index contributed by atoms with van der Waals surface area (Å²) < 4.78 is 0. The van der Waals surface area contributed by atoms with Crippen molar-refractivity contribution in [3.63, 3.8) is 0 Å². The van der Waals surface area contributed by atoms with E-state index in [1.165, 1.54) is 11.3 Å². The lowest BCUT2D eigenvalue weighted by Crippen LogP contribution is -2.53. The molecule has 4 N–H and O–H groups in total.